The summed E-state index contributed by atoms with van der Waals surface area (Å²) in [5.41, 5.74) is 1.15. The Bertz CT molecular complexity index is 530. The molecule has 0 bridgehead atoms. The first-order valence-corrected chi connectivity index (χ1v) is 5.88. The molecule has 92 valence electrons. The number of pyridine rings is 1. The van der Waals surface area contributed by atoms with Crippen LogP contribution in [0.25, 0.3) is 11.2 Å². The highest BCUT2D eigenvalue weighted by Gasteiger charge is 2.08. The van der Waals surface area contributed by atoms with Crippen molar-refractivity contribution in [1.82, 2.24) is 9.55 Å². The standard InChI is InChI=1S/C12H16N2O3/c15-9-4-2-1-3-8-14-11-10(17-12(14)16)6-5-7-13-11/h5-7,15H,1-4,8-9H2. The minimum absolute atomic E-state index is 0.232. The minimum Gasteiger partial charge on any atom is -0.406 e. The van der Waals surface area contributed by atoms with Crippen molar-refractivity contribution in [2.45, 2.75) is 32.2 Å². The minimum atomic E-state index is -0.346. The number of aromatic nitrogens is 2. The van der Waals surface area contributed by atoms with E-state index in [-0.39, 0.29) is 12.4 Å². The lowest BCUT2D eigenvalue weighted by molar-refractivity contribution is 0.282. The molecule has 2 heterocycles. The number of aryl methyl sites for hydroxylation is 1. The van der Waals surface area contributed by atoms with Crippen LogP contribution >= 0.6 is 0 Å². The normalized spacial score (nSPS) is 11.1. The quantitative estimate of drug-likeness (QED) is 0.772. The summed E-state index contributed by atoms with van der Waals surface area (Å²) < 4.78 is 6.65. The Morgan fingerprint density at radius 2 is 2.12 bits per heavy atom. The molecule has 0 saturated carbocycles. The largest absolute Gasteiger partial charge is 0.421 e. The molecule has 2 rings (SSSR count). The van der Waals surface area contributed by atoms with Gasteiger partial charge in [-0.1, -0.05) is 12.8 Å². The predicted octanol–water partition coefficient (Wildman–Crippen LogP) is 1.54. The van der Waals surface area contributed by atoms with Crippen LogP contribution in [0.5, 0.6) is 0 Å². The van der Waals surface area contributed by atoms with E-state index >= 15 is 0 Å². The van der Waals surface area contributed by atoms with E-state index in [9.17, 15) is 4.79 Å². The lowest BCUT2D eigenvalue weighted by Crippen LogP contribution is -2.14. The van der Waals surface area contributed by atoms with E-state index in [0.717, 1.165) is 25.7 Å². The maximum absolute atomic E-state index is 11.6. The first-order valence-electron chi connectivity index (χ1n) is 5.88. The highest BCUT2D eigenvalue weighted by molar-refractivity contribution is 5.67. The number of unbranched alkanes of at least 4 members (excludes halogenated alkanes) is 3. The molecule has 0 aliphatic heterocycles. The van der Waals surface area contributed by atoms with Gasteiger partial charge in [0.1, 0.15) is 0 Å². The van der Waals surface area contributed by atoms with Crippen molar-refractivity contribution in [3.05, 3.63) is 28.9 Å². The number of hydrogen-bond donors (Lipinski definition) is 1. The summed E-state index contributed by atoms with van der Waals surface area (Å²) in [4.78, 5) is 15.7. The SMILES string of the molecule is O=c1oc2cccnc2n1CCCCCCO. The van der Waals surface area contributed by atoms with Crippen LogP contribution in [-0.4, -0.2) is 21.3 Å². The molecule has 2 aromatic rings. The second kappa shape index (κ2) is 5.63. The molecule has 17 heavy (non-hydrogen) atoms. The van der Waals surface area contributed by atoms with Crippen molar-refractivity contribution in [2.24, 2.45) is 0 Å². The van der Waals surface area contributed by atoms with Crippen molar-refractivity contribution in [1.29, 1.82) is 0 Å². The Kier molecular flexibility index (Phi) is 3.93. The molecule has 5 heteroatoms. The zero-order chi connectivity index (χ0) is 12.1. The Balaban J connectivity index is 2.03. The van der Waals surface area contributed by atoms with Crippen LogP contribution < -0.4 is 5.76 Å². The van der Waals surface area contributed by atoms with E-state index < -0.39 is 0 Å². The molecule has 0 radical (unpaired) electrons. The highest BCUT2D eigenvalue weighted by atomic mass is 16.4. The fraction of sp³-hybridized carbons (Fsp3) is 0.500. The Morgan fingerprint density at radius 1 is 1.29 bits per heavy atom. The second-order valence-electron chi connectivity index (χ2n) is 3.98. The third kappa shape index (κ3) is 2.74. The smallest absolute Gasteiger partial charge is 0.406 e. The third-order valence-electron chi connectivity index (χ3n) is 2.71. The first-order chi connectivity index (χ1) is 8.33. The van der Waals surface area contributed by atoms with E-state index in [1.165, 1.54) is 0 Å². The molecular formula is C12H16N2O3. The molecular weight excluding hydrogens is 220 g/mol. The summed E-state index contributed by atoms with van der Waals surface area (Å²) in [6.07, 6.45) is 5.34. The summed E-state index contributed by atoms with van der Waals surface area (Å²) >= 11 is 0. The van der Waals surface area contributed by atoms with Gasteiger partial charge in [0.2, 0.25) is 0 Å². The molecule has 0 aliphatic rings. The van der Waals surface area contributed by atoms with Crippen molar-refractivity contribution >= 4 is 11.2 Å². The molecule has 0 fully saturated rings. The monoisotopic (exact) mass is 236 g/mol. The van der Waals surface area contributed by atoms with Crippen LogP contribution in [0.2, 0.25) is 0 Å². The van der Waals surface area contributed by atoms with Gasteiger partial charge in [0.15, 0.2) is 11.2 Å². The fourth-order valence-corrected chi connectivity index (χ4v) is 1.83. The number of nitrogens with zero attached hydrogens (tertiary/aromatic N) is 2. The zero-order valence-corrected chi connectivity index (χ0v) is 9.63. The predicted molar refractivity (Wildman–Crippen MR) is 63.8 cm³/mol. The third-order valence-corrected chi connectivity index (χ3v) is 2.71. The molecule has 0 spiro atoms. The molecule has 5 nitrogen and oxygen atoms in total. The van der Waals surface area contributed by atoms with Gasteiger partial charge in [0.25, 0.3) is 0 Å². The molecule has 2 aromatic heterocycles. The number of oxazole rings is 1. The molecule has 0 saturated heterocycles. The van der Waals surface area contributed by atoms with Crippen molar-refractivity contribution < 1.29 is 9.52 Å². The van der Waals surface area contributed by atoms with E-state index in [1.54, 1.807) is 22.9 Å². The molecule has 0 aliphatic carbocycles. The number of fused-ring (bicyclic) bond motifs is 1. The maximum atomic E-state index is 11.6. The Morgan fingerprint density at radius 3 is 2.94 bits per heavy atom. The van der Waals surface area contributed by atoms with Crippen molar-refractivity contribution in [3.63, 3.8) is 0 Å². The van der Waals surface area contributed by atoms with E-state index in [0.29, 0.717) is 17.8 Å². The topological polar surface area (TPSA) is 68.3 Å². The Hall–Kier alpha value is -1.62. The van der Waals surface area contributed by atoms with Crippen molar-refractivity contribution in [3.8, 4) is 0 Å². The van der Waals surface area contributed by atoms with Crippen LogP contribution in [0.15, 0.2) is 27.5 Å². The van der Waals surface area contributed by atoms with Gasteiger partial charge in [0.05, 0.1) is 0 Å². The number of aliphatic hydroxyl groups is 1. The highest BCUT2D eigenvalue weighted by Crippen LogP contribution is 2.10. The lowest BCUT2D eigenvalue weighted by Gasteiger charge is -2.01. The van der Waals surface area contributed by atoms with Gasteiger partial charge in [-0.2, -0.15) is 0 Å². The zero-order valence-electron chi connectivity index (χ0n) is 9.63. The molecule has 0 amide bonds. The van der Waals surface area contributed by atoms with Gasteiger partial charge in [0, 0.05) is 19.3 Å². The first kappa shape index (κ1) is 11.9. The maximum Gasteiger partial charge on any atom is 0.421 e. The summed E-state index contributed by atoms with van der Waals surface area (Å²) in [6.45, 7) is 0.852. The van der Waals surface area contributed by atoms with Gasteiger partial charge < -0.3 is 9.52 Å². The molecule has 0 aromatic carbocycles. The summed E-state index contributed by atoms with van der Waals surface area (Å²) in [6, 6.07) is 3.49. The van der Waals surface area contributed by atoms with Gasteiger partial charge in [-0.15, -0.1) is 0 Å². The summed E-state index contributed by atoms with van der Waals surface area (Å²) in [5.74, 6) is -0.346. The van der Waals surface area contributed by atoms with Gasteiger partial charge in [-0.25, -0.2) is 9.78 Å². The average Bonchev–Trinajstić information content (AvgIpc) is 2.65. The van der Waals surface area contributed by atoms with E-state index in [2.05, 4.69) is 4.98 Å². The average molecular weight is 236 g/mol. The summed E-state index contributed by atoms with van der Waals surface area (Å²) in [5, 5.41) is 8.65. The number of aliphatic hydroxyl groups excluding tert-OH is 1. The van der Waals surface area contributed by atoms with Crippen LogP contribution in [0.1, 0.15) is 25.7 Å². The van der Waals surface area contributed by atoms with Crippen LogP contribution in [0.3, 0.4) is 0 Å². The number of rotatable bonds is 6. The van der Waals surface area contributed by atoms with Gasteiger partial charge in [-0.3, -0.25) is 4.57 Å². The van der Waals surface area contributed by atoms with Crippen LogP contribution in [-0.2, 0) is 6.54 Å². The fourth-order valence-electron chi connectivity index (χ4n) is 1.83. The molecule has 1 N–H and O–H groups in total. The second-order valence-corrected chi connectivity index (χ2v) is 3.98. The summed E-state index contributed by atoms with van der Waals surface area (Å²) in [7, 11) is 0. The number of hydrogen-bond acceptors (Lipinski definition) is 4. The lowest BCUT2D eigenvalue weighted by atomic mass is 10.2. The van der Waals surface area contributed by atoms with Crippen LogP contribution in [0.4, 0.5) is 0 Å². The van der Waals surface area contributed by atoms with Gasteiger partial charge >= 0.3 is 5.76 Å². The molecule has 0 unspecified atom stereocenters. The van der Waals surface area contributed by atoms with E-state index in [4.69, 9.17) is 9.52 Å². The van der Waals surface area contributed by atoms with Crippen LogP contribution in [0, 0.1) is 0 Å². The van der Waals surface area contributed by atoms with Crippen molar-refractivity contribution in [2.75, 3.05) is 6.61 Å². The Labute approximate surface area is 98.7 Å². The van der Waals surface area contributed by atoms with E-state index in [1.807, 2.05) is 0 Å². The molecule has 0 atom stereocenters. The van der Waals surface area contributed by atoms with Gasteiger partial charge in [-0.05, 0) is 25.0 Å².